The Morgan fingerprint density at radius 2 is 1.05 bits per heavy atom. The van der Waals surface area contributed by atoms with Gasteiger partial charge in [0.15, 0.2) is 46.0 Å². The van der Waals surface area contributed by atoms with Gasteiger partial charge in [-0.1, -0.05) is 24.3 Å². The van der Waals surface area contributed by atoms with Crippen LogP contribution in [0.2, 0.25) is 0 Å². The van der Waals surface area contributed by atoms with Gasteiger partial charge in [-0.2, -0.15) is 5.26 Å². The van der Waals surface area contributed by atoms with Crippen molar-refractivity contribution in [2.75, 3.05) is 52.9 Å². The van der Waals surface area contributed by atoms with Gasteiger partial charge in [-0.3, -0.25) is 0 Å². The molecule has 4 aliphatic heterocycles. The van der Waals surface area contributed by atoms with E-state index in [1.807, 2.05) is 0 Å². The van der Waals surface area contributed by atoms with Crippen LogP contribution in [-0.2, 0) is 11.3 Å². The summed E-state index contributed by atoms with van der Waals surface area (Å²) < 4.78 is 52.8. The van der Waals surface area contributed by atoms with Crippen molar-refractivity contribution in [1.82, 2.24) is 4.57 Å². The number of benzene rings is 2. The van der Waals surface area contributed by atoms with E-state index < -0.39 is 11.5 Å². The molecule has 16 heteroatoms. The second-order valence-electron chi connectivity index (χ2n) is 13.5. The first-order valence-corrected chi connectivity index (χ1v) is 21.9. The summed E-state index contributed by atoms with van der Waals surface area (Å²) in [4.78, 5) is 18.0. The van der Waals surface area contributed by atoms with Crippen LogP contribution in [0.25, 0.3) is 67.6 Å². The second-order valence-corrected chi connectivity index (χ2v) is 17.6. The van der Waals surface area contributed by atoms with Gasteiger partial charge in [-0.25, -0.2) is 4.79 Å². The molecule has 0 atom stereocenters. The third-order valence-corrected chi connectivity index (χ3v) is 15.3. The number of ether oxygens (including phenoxy) is 8. The first kappa shape index (κ1) is 35.3. The van der Waals surface area contributed by atoms with E-state index in [1.54, 1.807) is 17.4 Å². The molecule has 7 aromatic rings. The summed E-state index contributed by atoms with van der Waals surface area (Å²) in [6.45, 7) is 5.93. The highest BCUT2D eigenvalue weighted by Crippen LogP contribution is 2.66. The highest BCUT2D eigenvalue weighted by Gasteiger charge is 2.38. The number of hydrogen-bond donors (Lipinski definition) is 1. The average molecular weight is 851 g/mol. The minimum Gasteiger partial charge on any atom is -0.485 e. The molecule has 0 bridgehead atoms. The van der Waals surface area contributed by atoms with Crippen LogP contribution >= 0.6 is 45.3 Å². The smallest absolute Gasteiger partial charge is 0.346 e. The van der Waals surface area contributed by atoms with Crippen LogP contribution in [-0.4, -0.2) is 68.5 Å². The summed E-state index contributed by atoms with van der Waals surface area (Å²) in [5.41, 5.74) is 3.02. The van der Waals surface area contributed by atoms with Gasteiger partial charge >= 0.3 is 5.97 Å². The molecule has 9 heterocycles. The summed E-state index contributed by atoms with van der Waals surface area (Å²) in [6, 6.07) is 16.9. The van der Waals surface area contributed by atoms with Crippen molar-refractivity contribution in [3.63, 3.8) is 0 Å². The molecule has 58 heavy (non-hydrogen) atoms. The maximum absolute atomic E-state index is 11.8. The normalized spacial score (nSPS) is 15.5. The lowest BCUT2D eigenvalue weighted by Gasteiger charge is -2.19. The molecule has 4 aliphatic rings. The molecular formula is C42H30N2O10S4. The summed E-state index contributed by atoms with van der Waals surface area (Å²) in [5.74, 6) is 3.30. The third kappa shape index (κ3) is 5.37. The molecule has 0 saturated carbocycles. The molecule has 0 aliphatic carbocycles. The Bertz CT molecular complexity index is 2920. The van der Waals surface area contributed by atoms with Crippen LogP contribution in [0.3, 0.4) is 0 Å². The van der Waals surface area contributed by atoms with E-state index in [2.05, 4.69) is 54.0 Å². The monoisotopic (exact) mass is 850 g/mol. The van der Waals surface area contributed by atoms with Gasteiger partial charge in [0, 0.05) is 28.4 Å². The van der Waals surface area contributed by atoms with Crippen LogP contribution in [0.1, 0.15) is 11.8 Å². The quantitative estimate of drug-likeness (QED) is 0.121. The van der Waals surface area contributed by atoms with Gasteiger partial charge in [0.05, 0.1) is 39.0 Å². The maximum Gasteiger partial charge on any atom is 0.346 e. The number of fused-ring (bicyclic) bond motifs is 7. The fourth-order valence-corrected chi connectivity index (χ4v) is 12.9. The minimum absolute atomic E-state index is 0.286. The first-order chi connectivity index (χ1) is 28.5. The fraction of sp³-hybridized carbons (Fsp3) is 0.238. The van der Waals surface area contributed by atoms with Crippen LogP contribution in [0.5, 0.6) is 46.0 Å². The van der Waals surface area contributed by atoms with E-state index in [9.17, 15) is 15.2 Å². The number of nitriles is 1. The lowest BCUT2D eigenvalue weighted by Crippen LogP contribution is -2.16. The van der Waals surface area contributed by atoms with Crippen molar-refractivity contribution in [3.05, 3.63) is 52.9 Å². The van der Waals surface area contributed by atoms with Crippen molar-refractivity contribution >= 4 is 79.2 Å². The van der Waals surface area contributed by atoms with Gasteiger partial charge in [0.25, 0.3) is 0 Å². The van der Waals surface area contributed by atoms with Crippen LogP contribution in [0.15, 0.2) is 48.0 Å². The van der Waals surface area contributed by atoms with Crippen molar-refractivity contribution < 1.29 is 47.8 Å². The zero-order valence-corrected chi connectivity index (χ0v) is 33.9. The second kappa shape index (κ2) is 13.9. The Kier molecular flexibility index (Phi) is 8.47. The molecule has 0 saturated heterocycles. The highest BCUT2D eigenvalue weighted by atomic mass is 32.1. The van der Waals surface area contributed by atoms with Gasteiger partial charge in [-0.15, -0.1) is 45.3 Å². The number of nitrogens with zero attached hydrogens (tertiary/aromatic N) is 2. The van der Waals surface area contributed by atoms with Gasteiger partial charge in [0.1, 0.15) is 64.5 Å². The summed E-state index contributed by atoms with van der Waals surface area (Å²) in [5, 5.41) is 21.5. The molecule has 0 unspecified atom stereocenters. The maximum atomic E-state index is 11.8. The van der Waals surface area contributed by atoms with Gasteiger partial charge < -0.3 is 47.6 Å². The molecule has 12 nitrogen and oxygen atoms in total. The molecule has 0 fully saturated rings. The van der Waals surface area contributed by atoms with Crippen molar-refractivity contribution in [2.45, 2.75) is 13.5 Å². The van der Waals surface area contributed by atoms with E-state index in [4.69, 9.17) is 37.9 Å². The zero-order valence-electron chi connectivity index (χ0n) is 30.6. The molecule has 2 aromatic carbocycles. The predicted octanol–water partition coefficient (Wildman–Crippen LogP) is 9.80. The first-order valence-electron chi connectivity index (χ1n) is 18.6. The Balaban J connectivity index is 1.07. The van der Waals surface area contributed by atoms with Crippen LogP contribution in [0.4, 0.5) is 0 Å². The lowest BCUT2D eigenvalue weighted by atomic mass is 10.1. The Morgan fingerprint density at radius 1 is 0.621 bits per heavy atom. The van der Waals surface area contributed by atoms with E-state index in [1.165, 1.54) is 61.9 Å². The van der Waals surface area contributed by atoms with Crippen LogP contribution in [0, 0.1) is 11.3 Å². The largest absolute Gasteiger partial charge is 0.485 e. The topological polar surface area (TPSA) is 140 Å². The molecule has 0 radical (unpaired) electrons. The Hall–Kier alpha value is -5.86. The van der Waals surface area contributed by atoms with E-state index in [-0.39, 0.29) is 6.61 Å². The van der Waals surface area contributed by atoms with E-state index >= 15 is 0 Å². The number of carboxylic acids is 1. The Labute approximate surface area is 346 Å². The number of rotatable bonds is 7. The molecule has 5 aromatic heterocycles. The number of para-hydroxylation sites is 1. The number of hydrogen-bond acceptors (Lipinski definition) is 14. The summed E-state index contributed by atoms with van der Waals surface area (Å²) in [6.07, 6.45) is 1.32. The number of carbonyl (C=O) groups is 1. The van der Waals surface area contributed by atoms with E-state index in [0.717, 1.165) is 47.1 Å². The summed E-state index contributed by atoms with van der Waals surface area (Å²) in [7, 11) is 0. The molecule has 292 valence electrons. The Morgan fingerprint density at radius 3 is 1.55 bits per heavy atom. The predicted molar refractivity (Wildman–Crippen MR) is 224 cm³/mol. The van der Waals surface area contributed by atoms with Crippen molar-refractivity contribution in [1.29, 1.82) is 5.26 Å². The zero-order chi connectivity index (χ0) is 39.1. The fourth-order valence-electron chi connectivity index (χ4n) is 7.82. The molecule has 0 amide bonds. The van der Waals surface area contributed by atoms with Crippen molar-refractivity contribution in [3.8, 4) is 91.8 Å². The van der Waals surface area contributed by atoms with Gasteiger partial charge in [-0.05, 0) is 36.8 Å². The minimum atomic E-state index is -1.33. The lowest BCUT2D eigenvalue weighted by molar-refractivity contribution is -0.132. The molecule has 11 rings (SSSR count). The molecule has 0 spiro atoms. The van der Waals surface area contributed by atoms with Gasteiger partial charge in [0.2, 0.25) is 0 Å². The molecule has 1 N–H and O–H groups in total. The summed E-state index contributed by atoms with van der Waals surface area (Å²) >= 11 is 5.88. The number of aryl methyl sites for hydroxylation is 1. The average Bonchev–Trinajstić information content (AvgIpc) is 4.08. The SMILES string of the molecule is CCn1c2ccccc2c2cc(-c3sc(-c4sc(-c5sc(-c6sc(/C=C(\C#N)C(=O)O)c7c6OCCO7)c6c5OCCO6)c5c4OCCO5)c4c3OCCO4)ccc21. The number of carboxylic acid groups (broad SMARTS) is 1. The number of thiophene rings is 4. The van der Waals surface area contributed by atoms with E-state index in [0.29, 0.717) is 96.2 Å². The van der Waals surface area contributed by atoms with Crippen molar-refractivity contribution in [2.24, 2.45) is 0 Å². The highest BCUT2D eigenvalue weighted by molar-refractivity contribution is 7.30. The number of aliphatic carboxylic acids is 1. The molecular weight excluding hydrogens is 821 g/mol. The standard InChI is InChI=1S/C42H30N2O10S4/c1-2-44-24-6-4-3-5-22(24)23-17-20(7-8-25(23)44)35-29-30(50-12-11-49-29)38(56-35)39-33-34(54-16-15-53-33)41(58-39)40-32-31(51-13-14-52-32)37(57-40)36-28-27(47-9-10-48-28)26(55-36)18-21(19-43)42(45)46/h3-8,17-18H,2,9-16H2,1H3,(H,45,46)/b21-18+. The third-order valence-electron chi connectivity index (χ3n) is 10.2. The van der Waals surface area contributed by atoms with Crippen LogP contribution < -0.4 is 37.9 Å². The number of aromatic nitrogens is 1.